The number of alkyl halides is 3. The van der Waals surface area contributed by atoms with Gasteiger partial charge in [-0.15, -0.1) is 18.3 Å². The van der Waals surface area contributed by atoms with Crippen LogP contribution in [0.25, 0.3) is 33.6 Å². The average molecular weight is 464 g/mol. The zero-order chi connectivity index (χ0) is 23.7. The van der Waals surface area contributed by atoms with Gasteiger partial charge in [-0.05, 0) is 42.5 Å². The first-order valence-corrected chi connectivity index (χ1v) is 10.0. The van der Waals surface area contributed by atoms with Crippen LogP contribution >= 0.6 is 0 Å². The second-order valence-corrected chi connectivity index (χ2v) is 7.21. The van der Waals surface area contributed by atoms with Crippen molar-refractivity contribution in [1.82, 2.24) is 14.9 Å². The molecule has 7 nitrogen and oxygen atoms in total. The fourth-order valence-electron chi connectivity index (χ4n) is 3.45. The van der Waals surface area contributed by atoms with Gasteiger partial charge < -0.3 is 9.15 Å². The summed E-state index contributed by atoms with van der Waals surface area (Å²) in [6.45, 7) is 0. The van der Waals surface area contributed by atoms with E-state index in [0.29, 0.717) is 22.7 Å². The molecule has 0 bridgehead atoms. The lowest BCUT2D eigenvalue weighted by Gasteiger charge is -2.13. The third-order valence-electron chi connectivity index (χ3n) is 4.91. The zero-order valence-corrected chi connectivity index (χ0v) is 17.3. The van der Waals surface area contributed by atoms with Crippen molar-refractivity contribution in [2.45, 2.75) is 6.36 Å². The van der Waals surface area contributed by atoms with Crippen LogP contribution in [-0.4, -0.2) is 27.1 Å². The van der Waals surface area contributed by atoms with Gasteiger partial charge in [-0.25, -0.2) is 10.4 Å². The predicted octanol–water partition coefficient (Wildman–Crippen LogP) is 5.64. The molecule has 1 N–H and O–H groups in total. The van der Waals surface area contributed by atoms with E-state index in [1.54, 1.807) is 18.2 Å². The van der Waals surface area contributed by atoms with E-state index in [-0.39, 0.29) is 10.9 Å². The van der Waals surface area contributed by atoms with Crippen molar-refractivity contribution < 1.29 is 27.1 Å². The number of nitrogens with one attached hydrogen (secondary N) is 1. The Balaban J connectivity index is 1.56. The number of carbonyl (C=O) groups is 1. The van der Waals surface area contributed by atoms with Gasteiger partial charge in [-0.1, -0.05) is 30.3 Å². The molecule has 10 heteroatoms. The first-order valence-electron chi connectivity index (χ1n) is 10.0. The molecule has 0 aliphatic carbocycles. The monoisotopic (exact) mass is 464 g/mol. The molecule has 170 valence electrons. The molecule has 0 saturated heterocycles. The number of fused-ring (bicyclic) bond motifs is 1. The van der Waals surface area contributed by atoms with Gasteiger partial charge in [-0.3, -0.25) is 4.79 Å². The number of halogens is 3. The molecule has 3 aromatic heterocycles. The summed E-state index contributed by atoms with van der Waals surface area (Å²) in [5.41, 5.74) is 4.77. The number of aromatic nitrogens is 3. The maximum Gasteiger partial charge on any atom is 0.573 e. The van der Waals surface area contributed by atoms with E-state index in [9.17, 15) is 18.0 Å². The molecule has 3 heterocycles. The van der Waals surface area contributed by atoms with Gasteiger partial charge in [0.2, 0.25) is 0 Å². The second-order valence-electron chi connectivity index (χ2n) is 7.21. The molecule has 0 aliphatic heterocycles. The number of amides is 1. The Morgan fingerprint density at radius 3 is 2.53 bits per heavy atom. The second kappa shape index (κ2) is 8.39. The van der Waals surface area contributed by atoms with Gasteiger partial charge in [0, 0.05) is 17.1 Å². The minimum Gasteiger partial charge on any atom is -0.463 e. The number of benzene rings is 2. The number of furan rings is 1. The number of pyridine rings is 1. The number of hydrogen-bond donors (Lipinski definition) is 1. The molecule has 0 fully saturated rings. The molecule has 5 rings (SSSR count). The number of hydrogen-bond acceptors (Lipinski definition) is 5. The Kier molecular flexibility index (Phi) is 5.25. The Labute approximate surface area is 190 Å². The minimum absolute atomic E-state index is 0.103. The highest BCUT2D eigenvalue weighted by Gasteiger charge is 2.31. The summed E-state index contributed by atoms with van der Waals surface area (Å²) in [5, 5.41) is 4.44. The molecule has 2 aromatic carbocycles. The van der Waals surface area contributed by atoms with Gasteiger partial charge in [0.1, 0.15) is 11.4 Å². The van der Waals surface area contributed by atoms with E-state index in [1.165, 1.54) is 29.4 Å². The van der Waals surface area contributed by atoms with Crippen LogP contribution in [0.3, 0.4) is 0 Å². The van der Waals surface area contributed by atoms with Gasteiger partial charge >= 0.3 is 6.36 Å². The fraction of sp³-hybridized carbons (Fsp3) is 0.0417. The topological polar surface area (TPSA) is 82.2 Å². The van der Waals surface area contributed by atoms with Crippen molar-refractivity contribution in [3.63, 3.8) is 0 Å². The molecule has 0 spiro atoms. The van der Waals surface area contributed by atoms with Crippen molar-refractivity contribution in [2.24, 2.45) is 0 Å². The van der Waals surface area contributed by atoms with Gasteiger partial charge in [0.05, 0.1) is 23.0 Å². The molecule has 1 amide bonds. The summed E-state index contributed by atoms with van der Waals surface area (Å²) in [6, 6.07) is 19.4. The maximum atomic E-state index is 13.2. The third kappa shape index (κ3) is 4.46. The lowest BCUT2D eigenvalue weighted by Crippen LogP contribution is -2.24. The van der Waals surface area contributed by atoms with E-state index in [2.05, 4.69) is 20.2 Å². The van der Waals surface area contributed by atoms with Crippen LogP contribution in [0.1, 0.15) is 10.4 Å². The lowest BCUT2D eigenvalue weighted by molar-refractivity contribution is -0.274. The number of ether oxygens (including phenoxy) is 1. The largest absolute Gasteiger partial charge is 0.573 e. The molecule has 34 heavy (non-hydrogen) atoms. The predicted molar refractivity (Wildman–Crippen MR) is 117 cm³/mol. The van der Waals surface area contributed by atoms with Crippen LogP contribution in [0, 0.1) is 0 Å². The summed E-state index contributed by atoms with van der Waals surface area (Å²) in [4.78, 5) is 18.9. The molecular weight excluding hydrogens is 449 g/mol. The van der Waals surface area contributed by atoms with Crippen molar-refractivity contribution in [3.8, 4) is 28.5 Å². The van der Waals surface area contributed by atoms with E-state index in [4.69, 9.17) is 4.42 Å². The summed E-state index contributed by atoms with van der Waals surface area (Å²) >= 11 is 0. The van der Waals surface area contributed by atoms with Crippen LogP contribution in [0.2, 0.25) is 0 Å². The van der Waals surface area contributed by atoms with E-state index in [0.717, 1.165) is 17.7 Å². The summed E-state index contributed by atoms with van der Waals surface area (Å²) in [6.07, 6.45) is -1.85. The SMILES string of the molecule is O=C(Nn1ccc(-c2ccco2)n1)c1cc(-c2ccccc2)nc2ccc(OC(F)(F)F)cc12. The van der Waals surface area contributed by atoms with Crippen LogP contribution in [0.5, 0.6) is 5.75 Å². The van der Waals surface area contributed by atoms with Crippen LogP contribution in [-0.2, 0) is 0 Å². The quantitative estimate of drug-likeness (QED) is 0.364. The van der Waals surface area contributed by atoms with Crippen molar-refractivity contribution in [1.29, 1.82) is 0 Å². The summed E-state index contributed by atoms with van der Waals surface area (Å²) in [7, 11) is 0. The summed E-state index contributed by atoms with van der Waals surface area (Å²) in [5.74, 6) is -0.534. The van der Waals surface area contributed by atoms with E-state index >= 15 is 0 Å². The van der Waals surface area contributed by atoms with Gasteiger partial charge in [-0.2, -0.15) is 4.79 Å². The Morgan fingerprint density at radius 2 is 1.79 bits per heavy atom. The molecule has 0 saturated carbocycles. The zero-order valence-electron chi connectivity index (χ0n) is 17.3. The highest BCUT2D eigenvalue weighted by molar-refractivity contribution is 6.10. The van der Waals surface area contributed by atoms with Crippen LogP contribution < -0.4 is 10.2 Å². The summed E-state index contributed by atoms with van der Waals surface area (Å²) < 4.78 is 47.6. The lowest BCUT2D eigenvalue weighted by atomic mass is 10.0. The highest BCUT2D eigenvalue weighted by atomic mass is 19.4. The first kappa shape index (κ1) is 21.3. The Hall–Kier alpha value is -4.60. The highest BCUT2D eigenvalue weighted by Crippen LogP contribution is 2.30. The van der Waals surface area contributed by atoms with Crippen molar-refractivity contribution in [3.05, 3.63) is 90.8 Å². The average Bonchev–Trinajstić information content (AvgIpc) is 3.50. The molecular formula is C24H15F3N4O3. The number of nitrogens with zero attached hydrogens (tertiary/aromatic N) is 3. The molecule has 5 aromatic rings. The Morgan fingerprint density at radius 1 is 0.971 bits per heavy atom. The third-order valence-corrected chi connectivity index (χ3v) is 4.91. The molecule has 0 unspecified atom stereocenters. The van der Waals surface area contributed by atoms with Crippen LogP contribution in [0.15, 0.2) is 89.7 Å². The minimum atomic E-state index is -4.87. The molecule has 0 atom stereocenters. The van der Waals surface area contributed by atoms with Crippen LogP contribution in [0.4, 0.5) is 13.2 Å². The smallest absolute Gasteiger partial charge is 0.463 e. The first-order chi connectivity index (χ1) is 16.4. The van der Waals surface area contributed by atoms with Gasteiger partial charge in [0.25, 0.3) is 5.91 Å². The van der Waals surface area contributed by atoms with Crippen molar-refractivity contribution in [2.75, 3.05) is 5.43 Å². The van der Waals surface area contributed by atoms with Gasteiger partial charge in [0.15, 0.2) is 5.76 Å². The molecule has 0 aliphatic rings. The number of carbonyl (C=O) groups excluding carboxylic acids is 1. The number of rotatable bonds is 5. The van der Waals surface area contributed by atoms with Crippen molar-refractivity contribution >= 4 is 16.8 Å². The fourth-order valence-corrected chi connectivity index (χ4v) is 3.45. The van der Waals surface area contributed by atoms with E-state index in [1.807, 2.05) is 30.3 Å². The standard InChI is InChI=1S/C24H15F3N4O3/c25-24(26,27)34-16-8-9-19-17(13-16)18(14-21(28-19)15-5-2-1-3-6-15)23(32)30-31-11-10-20(29-31)22-7-4-12-33-22/h1-14H,(H,30,32). The maximum absolute atomic E-state index is 13.2. The normalized spacial score (nSPS) is 11.5. The van der Waals surface area contributed by atoms with E-state index < -0.39 is 18.0 Å². The molecule has 0 radical (unpaired) electrons. The Bertz CT molecular complexity index is 1460.